The monoisotopic (exact) mass is 319 g/mol. The predicted octanol–water partition coefficient (Wildman–Crippen LogP) is 0.710. The standard InChI is InChI=1S/C14H29N3O3S/c1-12(2)15-10-13-5-7-17(8-6-13)21(18,19)16-11-14-4-3-9-20-14/h12-16H,3-11H2,1-2H3. The first-order chi connectivity index (χ1) is 9.97. The fourth-order valence-corrected chi connectivity index (χ4v) is 4.12. The lowest BCUT2D eigenvalue weighted by Gasteiger charge is -2.31. The minimum Gasteiger partial charge on any atom is -0.377 e. The molecule has 0 aromatic carbocycles. The number of hydrogen-bond donors (Lipinski definition) is 2. The Bertz CT molecular complexity index is 400. The van der Waals surface area contributed by atoms with Crippen LogP contribution in [0.1, 0.15) is 39.5 Å². The van der Waals surface area contributed by atoms with Crippen molar-refractivity contribution in [2.24, 2.45) is 5.92 Å². The highest BCUT2D eigenvalue weighted by Gasteiger charge is 2.28. The third kappa shape index (κ3) is 5.49. The van der Waals surface area contributed by atoms with Gasteiger partial charge in [0.25, 0.3) is 10.2 Å². The highest BCUT2D eigenvalue weighted by Crippen LogP contribution is 2.19. The van der Waals surface area contributed by atoms with E-state index in [-0.39, 0.29) is 6.10 Å². The van der Waals surface area contributed by atoms with Crippen molar-refractivity contribution in [1.29, 1.82) is 0 Å². The molecule has 1 atom stereocenters. The lowest BCUT2D eigenvalue weighted by atomic mass is 9.98. The SMILES string of the molecule is CC(C)NCC1CCN(S(=O)(=O)NCC2CCCO2)CC1. The molecule has 21 heavy (non-hydrogen) atoms. The van der Waals surface area contributed by atoms with Gasteiger partial charge in [-0.3, -0.25) is 0 Å². The van der Waals surface area contributed by atoms with Crippen LogP contribution >= 0.6 is 0 Å². The van der Waals surface area contributed by atoms with Crippen molar-refractivity contribution in [1.82, 2.24) is 14.3 Å². The zero-order valence-corrected chi connectivity index (χ0v) is 14.0. The Hall–Kier alpha value is -0.210. The van der Waals surface area contributed by atoms with Crippen LogP contribution in [0.4, 0.5) is 0 Å². The van der Waals surface area contributed by atoms with Gasteiger partial charge in [-0.05, 0) is 38.1 Å². The maximum absolute atomic E-state index is 12.3. The predicted molar refractivity (Wildman–Crippen MR) is 83.3 cm³/mol. The molecular weight excluding hydrogens is 290 g/mol. The number of hydrogen-bond acceptors (Lipinski definition) is 4. The van der Waals surface area contributed by atoms with Gasteiger partial charge in [-0.15, -0.1) is 0 Å². The molecule has 0 bridgehead atoms. The molecule has 0 aromatic rings. The van der Waals surface area contributed by atoms with Crippen molar-refractivity contribution in [3.63, 3.8) is 0 Å². The lowest BCUT2D eigenvalue weighted by Crippen LogP contribution is -2.47. The summed E-state index contributed by atoms with van der Waals surface area (Å²) in [6, 6.07) is 0.486. The Morgan fingerprint density at radius 1 is 1.19 bits per heavy atom. The van der Waals surface area contributed by atoms with Crippen LogP contribution in [0.2, 0.25) is 0 Å². The quantitative estimate of drug-likeness (QED) is 0.725. The Balaban J connectivity index is 1.72. The van der Waals surface area contributed by atoms with Crippen LogP contribution in [-0.4, -0.2) is 57.7 Å². The summed E-state index contributed by atoms with van der Waals surface area (Å²) >= 11 is 0. The number of piperidine rings is 1. The molecule has 2 aliphatic rings. The first-order valence-electron chi connectivity index (χ1n) is 8.07. The molecule has 1 unspecified atom stereocenters. The lowest BCUT2D eigenvalue weighted by molar-refractivity contribution is 0.114. The van der Waals surface area contributed by atoms with E-state index < -0.39 is 10.2 Å². The van der Waals surface area contributed by atoms with Crippen molar-refractivity contribution in [3.05, 3.63) is 0 Å². The van der Waals surface area contributed by atoms with Crippen molar-refractivity contribution in [2.75, 3.05) is 32.8 Å². The Morgan fingerprint density at radius 2 is 1.90 bits per heavy atom. The molecular formula is C14H29N3O3S. The summed E-state index contributed by atoms with van der Waals surface area (Å²) < 4.78 is 34.2. The largest absolute Gasteiger partial charge is 0.377 e. The summed E-state index contributed by atoms with van der Waals surface area (Å²) in [6.45, 7) is 7.63. The Morgan fingerprint density at radius 3 is 2.48 bits per heavy atom. The molecule has 124 valence electrons. The van der Waals surface area contributed by atoms with Gasteiger partial charge in [0, 0.05) is 32.3 Å². The van der Waals surface area contributed by atoms with Crippen LogP contribution in [0, 0.1) is 5.92 Å². The molecule has 2 aliphatic heterocycles. The zero-order chi connectivity index (χ0) is 15.3. The molecule has 0 aromatic heterocycles. The number of rotatable bonds is 7. The average molecular weight is 319 g/mol. The number of nitrogens with one attached hydrogen (secondary N) is 2. The van der Waals surface area contributed by atoms with E-state index in [1.165, 1.54) is 0 Å². The van der Waals surface area contributed by atoms with E-state index in [9.17, 15) is 8.42 Å². The molecule has 0 spiro atoms. The summed E-state index contributed by atoms with van der Waals surface area (Å²) in [5, 5.41) is 3.43. The van der Waals surface area contributed by atoms with E-state index in [0.717, 1.165) is 38.8 Å². The van der Waals surface area contributed by atoms with Crippen molar-refractivity contribution in [2.45, 2.75) is 51.7 Å². The minimum absolute atomic E-state index is 0.0487. The Kier molecular flexibility index (Phi) is 6.43. The second-order valence-electron chi connectivity index (χ2n) is 6.39. The molecule has 0 radical (unpaired) electrons. The van der Waals surface area contributed by atoms with E-state index in [2.05, 4.69) is 23.9 Å². The van der Waals surface area contributed by atoms with E-state index in [0.29, 0.717) is 31.6 Å². The van der Waals surface area contributed by atoms with Crippen molar-refractivity contribution < 1.29 is 13.2 Å². The van der Waals surface area contributed by atoms with Crippen LogP contribution in [0.3, 0.4) is 0 Å². The van der Waals surface area contributed by atoms with Gasteiger partial charge >= 0.3 is 0 Å². The molecule has 2 saturated heterocycles. The second kappa shape index (κ2) is 7.87. The minimum atomic E-state index is -3.34. The fraction of sp³-hybridized carbons (Fsp3) is 1.00. The topological polar surface area (TPSA) is 70.7 Å². The molecule has 2 rings (SSSR count). The molecule has 0 amide bonds. The van der Waals surface area contributed by atoms with Gasteiger partial charge in [-0.2, -0.15) is 17.4 Å². The summed E-state index contributed by atoms with van der Waals surface area (Å²) in [7, 11) is -3.34. The Labute approximate surface area is 128 Å². The van der Waals surface area contributed by atoms with Crippen LogP contribution in [-0.2, 0) is 14.9 Å². The summed E-state index contributed by atoms with van der Waals surface area (Å²) in [4.78, 5) is 0. The van der Waals surface area contributed by atoms with Crippen LogP contribution in [0.25, 0.3) is 0 Å². The molecule has 0 saturated carbocycles. The summed E-state index contributed by atoms with van der Waals surface area (Å²) in [5.41, 5.74) is 0. The fourth-order valence-electron chi connectivity index (χ4n) is 2.85. The van der Waals surface area contributed by atoms with Gasteiger partial charge in [0.15, 0.2) is 0 Å². The van der Waals surface area contributed by atoms with Gasteiger partial charge in [0.2, 0.25) is 0 Å². The third-order valence-corrected chi connectivity index (χ3v) is 5.82. The molecule has 2 N–H and O–H groups in total. The maximum atomic E-state index is 12.3. The van der Waals surface area contributed by atoms with E-state index >= 15 is 0 Å². The second-order valence-corrected chi connectivity index (χ2v) is 8.15. The zero-order valence-electron chi connectivity index (χ0n) is 13.2. The molecule has 7 heteroatoms. The van der Waals surface area contributed by atoms with Crippen molar-refractivity contribution in [3.8, 4) is 0 Å². The normalized spacial score (nSPS) is 25.8. The smallest absolute Gasteiger partial charge is 0.279 e. The van der Waals surface area contributed by atoms with Gasteiger partial charge in [0.05, 0.1) is 6.10 Å². The van der Waals surface area contributed by atoms with E-state index in [4.69, 9.17) is 4.74 Å². The van der Waals surface area contributed by atoms with Gasteiger partial charge in [-0.25, -0.2) is 0 Å². The molecule has 0 aliphatic carbocycles. The first kappa shape index (κ1) is 17.1. The summed E-state index contributed by atoms with van der Waals surface area (Å²) in [5.74, 6) is 0.581. The van der Waals surface area contributed by atoms with Crippen LogP contribution < -0.4 is 10.0 Å². The molecule has 2 heterocycles. The number of nitrogens with zero attached hydrogens (tertiary/aromatic N) is 1. The van der Waals surface area contributed by atoms with Crippen molar-refractivity contribution >= 4 is 10.2 Å². The van der Waals surface area contributed by atoms with E-state index in [1.54, 1.807) is 4.31 Å². The highest BCUT2D eigenvalue weighted by molar-refractivity contribution is 7.87. The van der Waals surface area contributed by atoms with Crippen LogP contribution in [0.5, 0.6) is 0 Å². The van der Waals surface area contributed by atoms with Gasteiger partial charge in [0.1, 0.15) is 0 Å². The molecule has 2 fully saturated rings. The molecule has 6 nitrogen and oxygen atoms in total. The summed E-state index contributed by atoms with van der Waals surface area (Å²) in [6.07, 6.45) is 3.89. The van der Waals surface area contributed by atoms with Gasteiger partial charge in [-0.1, -0.05) is 13.8 Å². The number of ether oxygens (including phenoxy) is 1. The van der Waals surface area contributed by atoms with E-state index in [1.807, 2.05) is 0 Å². The average Bonchev–Trinajstić information content (AvgIpc) is 2.97. The maximum Gasteiger partial charge on any atom is 0.279 e. The first-order valence-corrected chi connectivity index (χ1v) is 9.51. The highest BCUT2D eigenvalue weighted by atomic mass is 32.2. The van der Waals surface area contributed by atoms with Crippen LogP contribution in [0.15, 0.2) is 0 Å². The van der Waals surface area contributed by atoms with Gasteiger partial charge < -0.3 is 10.1 Å². The third-order valence-electron chi connectivity index (χ3n) is 4.25.